The average molecular weight is 799 g/mol. The first-order chi connectivity index (χ1) is 27.4. The van der Waals surface area contributed by atoms with Crippen LogP contribution in [0.5, 0.6) is 57.5 Å². The average Bonchev–Trinajstić information content (AvgIpc) is 3.83. The summed E-state index contributed by atoms with van der Waals surface area (Å²) in [6.07, 6.45) is 3.48. The largest absolute Gasteiger partial charge is 0.508 e. The van der Waals surface area contributed by atoms with Gasteiger partial charge in [0.1, 0.15) is 34.3 Å². The van der Waals surface area contributed by atoms with Crippen molar-refractivity contribution in [2.45, 2.75) is 44.9 Å². The van der Waals surface area contributed by atoms with Crippen molar-refractivity contribution < 1.29 is 69.8 Å². The van der Waals surface area contributed by atoms with Crippen LogP contribution in [-0.4, -0.2) is 69.9 Å². The van der Waals surface area contributed by atoms with Gasteiger partial charge in [0, 0.05) is 28.1 Å². The third-order valence-corrected chi connectivity index (χ3v) is 9.13. The smallest absolute Gasteiger partial charge is 0.341 e. The van der Waals surface area contributed by atoms with E-state index in [9.17, 15) is 29.7 Å². The van der Waals surface area contributed by atoms with Gasteiger partial charge in [-0.15, -0.1) is 0 Å². The van der Waals surface area contributed by atoms with Crippen LogP contribution >= 0.6 is 0 Å². The van der Waals surface area contributed by atoms with Crippen molar-refractivity contribution >= 4 is 22.7 Å². The Morgan fingerprint density at radius 3 is 1.62 bits per heavy atom. The number of methoxy groups -OCH3 is 1. The predicted octanol–water partition coefficient (Wildman–Crippen LogP) is 7.26. The lowest BCUT2D eigenvalue weighted by Gasteiger charge is -2.17. The quantitative estimate of drug-likeness (QED) is 0.0271. The molecule has 58 heavy (non-hydrogen) atoms. The highest BCUT2D eigenvalue weighted by Gasteiger charge is 2.40. The molecule has 10 N–H and O–H groups in total. The number of esters is 1. The van der Waals surface area contributed by atoms with E-state index in [1.165, 1.54) is 62.8 Å². The summed E-state index contributed by atoms with van der Waals surface area (Å²) in [7, 11) is 1.20. The van der Waals surface area contributed by atoms with Crippen LogP contribution in [0.2, 0.25) is 0 Å². The standard InChI is InChI=1S/C11H12O2.C9H6O4.2C8H8O4.C7H8O/c12-8-3-4-9(13)11-7-2-1-6(5-7)10(8)11;10-6-3-1-5-2-4-7(11)13-9(5)8(6)12;1-4(9)5-2-6(10)8(12)7(11)3-5;1-12-8(11)6-4-5(9)2-3-7(6)10;1-6-2-4-7(8)5-3-6/h3-4,6-7,12-13H,1-2,5H2;1-4,10,12H;2-3,10-12H,1H3;2-4,9-10H,1H3;2-5,8H,1H3. The first-order valence-corrected chi connectivity index (χ1v) is 17.5. The van der Waals surface area contributed by atoms with Crippen molar-refractivity contribution in [3.05, 3.63) is 129 Å². The van der Waals surface area contributed by atoms with E-state index in [1.807, 2.05) is 19.1 Å². The molecule has 0 amide bonds. The van der Waals surface area contributed by atoms with Crippen molar-refractivity contribution in [1.82, 2.24) is 0 Å². The third kappa shape index (κ3) is 10.6. The summed E-state index contributed by atoms with van der Waals surface area (Å²) in [5, 5.41) is 92.0. The Labute approximate surface area is 330 Å². The van der Waals surface area contributed by atoms with Crippen LogP contribution < -0.4 is 5.63 Å². The van der Waals surface area contributed by atoms with Gasteiger partial charge in [0.15, 0.2) is 34.4 Å². The molecule has 8 rings (SSSR count). The number of aromatic hydroxyl groups is 10. The van der Waals surface area contributed by atoms with Crippen molar-refractivity contribution in [3.63, 3.8) is 0 Å². The first-order valence-electron chi connectivity index (χ1n) is 17.5. The van der Waals surface area contributed by atoms with Gasteiger partial charge in [-0.3, -0.25) is 4.79 Å². The highest BCUT2D eigenvalue weighted by molar-refractivity contribution is 5.95. The molecule has 304 valence electrons. The summed E-state index contributed by atoms with van der Waals surface area (Å²) in [5.74, 6) is -1.50. The molecule has 15 nitrogen and oxygen atoms in total. The molecule has 1 aromatic heterocycles. The molecule has 6 aromatic rings. The monoisotopic (exact) mass is 798 g/mol. The van der Waals surface area contributed by atoms with Crippen molar-refractivity contribution in [3.8, 4) is 57.5 Å². The van der Waals surface area contributed by atoms with Gasteiger partial charge in [-0.1, -0.05) is 17.7 Å². The molecule has 0 saturated heterocycles. The van der Waals surface area contributed by atoms with E-state index < -0.39 is 34.6 Å². The van der Waals surface area contributed by atoms with E-state index >= 15 is 0 Å². The third-order valence-electron chi connectivity index (χ3n) is 9.13. The lowest BCUT2D eigenvalue weighted by atomic mass is 9.90. The lowest BCUT2D eigenvalue weighted by Crippen LogP contribution is -2.00. The normalized spacial score (nSPS) is 14.1. The van der Waals surface area contributed by atoms with Crippen LogP contribution in [0, 0.1) is 6.92 Å². The highest BCUT2D eigenvalue weighted by Crippen LogP contribution is 2.58. The number of rotatable bonds is 2. The summed E-state index contributed by atoms with van der Waals surface area (Å²) >= 11 is 0. The van der Waals surface area contributed by atoms with Crippen LogP contribution in [0.3, 0.4) is 0 Å². The SMILES string of the molecule is CC(=O)c1cc(O)c(O)c(O)c1.COC(=O)c1cc(O)ccc1O.Cc1ccc(O)cc1.O=c1ccc2ccc(O)c(O)c2o1.Oc1ccc(O)c2c1C1CCC2C1. The molecular formula is C43H42O15. The van der Waals surface area contributed by atoms with Gasteiger partial charge in [0.2, 0.25) is 5.75 Å². The number of ketones is 1. The Balaban J connectivity index is 0.000000162. The maximum Gasteiger partial charge on any atom is 0.341 e. The van der Waals surface area contributed by atoms with Crippen molar-refractivity contribution in [1.29, 1.82) is 0 Å². The molecular weight excluding hydrogens is 756 g/mol. The number of hydrogen-bond donors (Lipinski definition) is 10. The molecule has 2 bridgehead atoms. The zero-order chi connectivity index (χ0) is 42.8. The molecule has 0 aliphatic heterocycles. The van der Waals surface area contributed by atoms with E-state index in [-0.39, 0.29) is 39.7 Å². The second kappa shape index (κ2) is 18.9. The number of ether oxygens (including phenoxy) is 1. The second-order valence-electron chi connectivity index (χ2n) is 13.2. The van der Waals surface area contributed by atoms with Gasteiger partial charge in [-0.2, -0.15) is 0 Å². The molecule has 2 unspecified atom stereocenters. The van der Waals surface area contributed by atoms with Crippen LogP contribution in [0.4, 0.5) is 0 Å². The molecule has 15 heteroatoms. The molecule has 2 aliphatic rings. The minimum Gasteiger partial charge on any atom is -0.508 e. The summed E-state index contributed by atoms with van der Waals surface area (Å²) in [6.45, 7) is 3.28. The Bertz CT molecular complexity index is 2390. The van der Waals surface area contributed by atoms with E-state index in [2.05, 4.69) is 4.74 Å². The molecule has 1 fully saturated rings. The van der Waals surface area contributed by atoms with E-state index in [0.29, 0.717) is 34.5 Å². The summed E-state index contributed by atoms with van der Waals surface area (Å²) in [5.41, 5.74) is 2.77. The number of phenols is 10. The van der Waals surface area contributed by atoms with E-state index in [4.69, 9.17) is 40.2 Å². The van der Waals surface area contributed by atoms with Gasteiger partial charge in [0.25, 0.3) is 0 Å². The lowest BCUT2D eigenvalue weighted by molar-refractivity contribution is 0.0596. The molecule has 1 saturated carbocycles. The minimum absolute atomic E-state index is 0.00694. The zero-order valence-electron chi connectivity index (χ0n) is 31.4. The Kier molecular flexibility index (Phi) is 14.0. The van der Waals surface area contributed by atoms with Gasteiger partial charge >= 0.3 is 11.6 Å². The molecule has 0 radical (unpaired) electrons. The second-order valence-corrected chi connectivity index (χ2v) is 13.2. The molecule has 5 aromatic carbocycles. The maximum absolute atomic E-state index is 10.9. The van der Waals surface area contributed by atoms with Crippen molar-refractivity contribution in [2.24, 2.45) is 0 Å². The maximum atomic E-state index is 10.9. The number of carbonyl (C=O) groups excluding carboxylic acids is 2. The van der Waals surface area contributed by atoms with Crippen LogP contribution in [0.1, 0.15) is 75.4 Å². The van der Waals surface area contributed by atoms with Crippen molar-refractivity contribution in [2.75, 3.05) is 7.11 Å². The van der Waals surface area contributed by atoms with E-state index in [1.54, 1.807) is 30.3 Å². The van der Waals surface area contributed by atoms with Gasteiger partial charge in [-0.05, 0) is 118 Å². The van der Waals surface area contributed by atoms with Gasteiger partial charge in [0.05, 0.1) is 7.11 Å². The Morgan fingerprint density at radius 1 is 0.603 bits per heavy atom. The zero-order valence-corrected chi connectivity index (χ0v) is 31.4. The van der Waals surface area contributed by atoms with Gasteiger partial charge < -0.3 is 60.2 Å². The number of benzene rings is 5. The van der Waals surface area contributed by atoms with Crippen LogP contribution in [-0.2, 0) is 4.74 Å². The fourth-order valence-corrected chi connectivity index (χ4v) is 6.23. The Morgan fingerprint density at radius 2 is 1.10 bits per heavy atom. The van der Waals surface area contributed by atoms with Crippen LogP contribution in [0.25, 0.3) is 11.0 Å². The predicted molar refractivity (Wildman–Crippen MR) is 210 cm³/mol. The molecule has 1 heterocycles. The van der Waals surface area contributed by atoms with Crippen LogP contribution in [0.15, 0.2) is 100 Å². The molecule has 2 aliphatic carbocycles. The highest BCUT2D eigenvalue weighted by atomic mass is 16.5. The number of Topliss-reactive ketones (excluding diaryl/α,β-unsaturated/α-hetero) is 1. The summed E-state index contributed by atoms with van der Waals surface area (Å²) in [4.78, 5) is 32.4. The fourth-order valence-electron chi connectivity index (χ4n) is 6.23. The minimum atomic E-state index is -0.677. The summed E-state index contributed by atoms with van der Waals surface area (Å²) in [6, 6.07) is 21.8. The number of aryl methyl sites for hydroxylation is 1. The number of phenolic OH excluding ortho intramolecular Hbond substituents is 10. The number of fused-ring (bicyclic) bond motifs is 6. The number of hydrogen-bond acceptors (Lipinski definition) is 15. The van der Waals surface area contributed by atoms with E-state index in [0.717, 1.165) is 35.7 Å². The summed E-state index contributed by atoms with van der Waals surface area (Å²) < 4.78 is 9.07. The molecule has 2 atom stereocenters. The van der Waals surface area contributed by atoms with Gasteiger partial charge in [-0.25, -0.2) is 9.59 Å². The fraction of sp³-hybridized carbons (Fsp3) is 0.186. The first kappa shape index (κ1) is 43.2. The Hall–Kier alpha value is -7.55. The molecule has 0 spiro atoms. The topological polar surface area (TPSA) is 276 Å². The number of carbonyl (C=O) groups is 2.